The summed E-state index contributed by atoms with van der Waals surface area (Å²) in [6, 6.07) is 15.7. The molecule has 3 rings (SSSR count). The first-order valence-electron chi connectivity index (χ1n) is 8.87. The molecule has 25 heavy (non-hydrogen) atoms. The van der Waals surface area contributed by atoms with Gasteiger partial charge in [0.25, 0.3) is 0 Å². The summed E-state index contributed by atoms with van der Waals surface area (Å²) >= 11 is 0. The number of benzene rings is 2. The summed E-state index contributed by atoms with van der Waals surface area (Å²) in [5.74, 6) is 0.0788. The lowest BCUT2D eigenvalue weighted by atomic mass is 9.69. The SMILES string of the molecule is CC1CCC/C(=C\NCc2ccccc2)C1(O)c1cccc(N)c1N. The predicted octanol–water partition coefficient (Wildman–Crippen LogP) is 3.53. The zero-order valence-corrected chi connectivity index (χ0v) is 14.7. The van der Waals surface area contributed by atoms with Crippen molar-refractivity contribution in [1.82, 2.24) is 5.32 Å². The molecule has 0 heterocycles. The van der Waals surface area contributed by atoms with E-state index in [-0.39, 0.29) is 5.92 Å². The second-order valence-electron chi connectivity index (χ2n) is 6.90. The van der Waals surface area contributed by atoms with Gasteiger partial charge in [-0.1, -0.05) is 49.4 Å². The first kappa shape index (κ1) is 17.4. The van der Waals surface area contributed by atoms with Crippen LogP contribution in [-0.4, -0.2) is 5.11 Å². The van der Waals surface area contributed by atoms with E-state index in [2.05, 4.69) is 24.4 Å². The van der Waals surface area contributed by atoms with Gasteiger partial charge in [0.05, 0.1) is 11.4 Å². The number of aliphatic hydroxyl groups is 1. The monoisotopic (exact) mass is 337 g/mol. The van der Waals surface area contributed by atoms with Gasteiger partial charge in [-0.3, -0.25) is 0 Å². The van der Waals surface area contributed by atoms with E-state index in [1.807, 2.05) is 36.5 Å². The van der Waals surface area contributed by atoms with Crippen molar-refractivity contribution < 1.29 is 5.11 Å². The van der Waals surface area contributed by atoms with E-state index in [1.54, 1.807) is 6.07 Å². The smallest absolute Gasteiger partial charge is 0.117 e. The third kappa shape index (κ3) is 3.35. The number of anilines is 2. The molecule has 0 aromatic heterocycles. The van der Waals surface area contributed by atoms with E-state index < -0.39 is 5.60 Å². The largest absolute Gasteiger partial charge is 0.397 e. The Morgan fingerprint density at radius 2 is 1.92 bits per heavy atom. The quantitative estimate of drug-likeness (QED) is 0.643. The fourth-order valence-electron chi connectivity index (χ4n) is 3.74. The van der Waals surface area contributed by atoms with Gasteiger partial charge in [-0.25, -0.2) is 0 Å². The molecule has 4 heteroatoms. The highest BCUT2D eigenvalue weighted by Gasteiger charge is 2.43. The van der Waals surface area contributed by atoms with Crippen LogP contribution in [0.15, 0.2) is 60.3 Å². The summed E-state index contributed by atoms with van der Waals surface area (Å²) in [6.07, 6.45) is 4.83. The van der Waals surface area contributed by atoms with Gasteiger partial charge >= 0.3 is 0 Å². The van der Waals surface area contributed by atoms with E-state index in [1.165, 1.54) is 5.56 Å². The average molecular weight is 337 g/mol. The minimum absolute atomic E-state index is 0.0788. The zero-order chi connectivity index (χ0) is 17.9. The molecule has 0 spiro atoms. The highest BCUT2D eigenvalue weighted by atomic mass is 16.3. The topological polar surface area (TPSA) is 84.3 Å². The molecule has 6 N–H and O–H groups in total. The number of nitrogen functional groups attached to an aromatic ring is 2. The molecular weight excluding hydrogens is 310 g/mol. The minimum Gasteiger partial charge on any atom is -0.397 e. The van der Waals surface area contributed by atoms with E-state index >= 15 is 0 Å². The van der Waals surface area contributed by atoms with Crippen LogP contribution in [0.4, 0.5) is 11.4 Å². The average Bonchev–Trinajstić information content (AvgIpc) is 2.62. The third-order valence-electron chi connectivity index (χ3n) is 5.26. The molecule has 2 unspecified atom stereocenters. The molecule has 2 aromatic carbocycles. The first-order valence-corrected chi connectivity index (χ1v) is 8.87. The maximum Gasteiger partial charge on any atom is 0.117 e. The van der Waals surface area contributed by atoms with Crippen LogP contribution >= 0.6 is 0 Å². The van der Waals surface area contributed by atoms with Gasteiger partial charge in [-0.05, 0) is 48.6 Å². The van der Waals surface area contributed by atoms with Gasteiger partial charge < -0.3 is 21.9 Å². The second-order valence-corrected chi connectivity index (χ2v) is 6.90. The number of hydrogen-bond acceptors (Lipinski definition) is 4. The molecule has 132 valence electrons. The summed E-state index contributed by atoms with van der Waals surface area (Å²) in [5.41, 5.74) is 15.0. The molecule has 4 nitrogen and oxygen atoms in total. The number of hydrogen-bond donors (Lipinski definition) is 4. The molecule has 1 aliphatic carbocycles. The third-order valence-corrected chi connectivity index (χ3v) is 5.26. The molecule has 1 fully saturated rings. The zero-order valence-electron chi connectivity index (χ0n) is 14.7. The molecular formula is C21H27N3O. The molecule has 0 saturated heterocycles. The summed E-state index contributed by atoms with van der Waals surface area (Å²) in [4.78, 5) is 0. The number of nitrogens with two attached hydrogens (primary N) is 2. The first-order chi connectivity index (χ1) is 12.0. The van der Waals surface area contributed by atoms with Crippen molar-refractivity contribution in [3.05, 3.63) is 71.4 Å². The standard InChI is InChI=1S/C21H27N3O/c1-15-7-5-10-17(14-24-13-16-8-3-2-4-9-16)21(15,25)18-11-6-12-19(22)20(18)23/h2-4,6,8-9,11-12,14-15,24-25H,5,7,10,13,22-23H2,1H3/b17-14+. The highest BCUT2D eigenvalue weighted by Crippen LogP contribution is 2.47. The molecule has 1 saturated carbocycles. The molecule has 2 atom stereocenters. The molecule has 0 bridgehead atoms. The lowest BCUT2D eigenvalue weighted by molar-refractivity contribution is -0.000311. The summed E-state index contributed by atoms with van der Waals surface area (Å²) in [7, 11) is 0. The number of para-hydroxylation sites is 1. The van der Waals surface area contributed by atoms with Crippen LogP contribution in [0.3, 0.4) is 0 Å². The van der Waals surface area contributed by atoms with Crippen LogP contribution < -0.4 is 16.8 Å². The van der Waals surface area contributed by atoms with E-state index in [4.69, 9.17) is 11.5 Å². The van der Waals surface area contributed by atoms with Crippen molar-refractivity contribution in [2.75, 3.05) is 11.5 Å². The minimum atomic E-state index is -1.08. The van der Waals surface area contributed by atoms with Gasteiger partial charge in [-0.15, -0.1) is 0 Å². The normalized spacial score (nSPS) is 25.0. The summed E-state index contributed by atoms with van der Waals surface area (Å²) in [6.45, 7) is 2.80. The van der Waals surface area contributed by atoms with Gasteiger partial charge in [0.2, 0.25) is 0 Å². The molecule has 0 radical (unpaired) electrons. The Labute approximate surface area is 149 Å². The van der Waals surface area contributed by atoms with Crippen molar-refractivity contribution in [3.8, 4) is 0 Å². The van der Waals surface area contributed by atoms with Crippen LogP contribution in [0.5, 0.6) is 0 Å². The lowest BCUT2D eigenvalue weighted by Crippen LogP contribution is -2.40. The number of rotatable bonds is 4. The van der Waals surface area contributed by atoms with Crippen molar-refractivity contribution in [2.24, 2.45) is 5.92 Å². The van der Waals surface area contributed by atoms with Crippen LogP contribution in [0.25, 0.3) is 0 Å². The van der Waals surface area contributed by atoms with Crippen LogP contribution in [0.2, 0.25) is 0 Å². The molecule has 1 aliphatic rings. The summed E-state index contributed by atoms with van der Waals surface area (Å²) in [5, 5.41) is 15.0. The fraction of sp³-hybridized carbons (Fsp3) is 0.333. The van der Waals surface area contributed by atoms with Crippen LogP contribution in [-0.2, 0) is 12.1 Å². The fourth-order valence-corrected chi connectivity index (χ4v) is 3.74. The van der Waals surface area contributed by atoms with Gasteiger partial charge in [0, 0.05) is 12.1 Å². The Morgan fingerprint density at radius 1 is 1.16 bits per heavy atom. The Balaban J connectivity index is 1.90. The van der Waals surface area contributed by atoms with Crippen molar-refractivity contribution in [3.63, 3.8) is 0 Å². The maximum absolute atomic E-state index is 11.6. The van der Waals surface area contributed by atoms with Gasteiger partial charge in [0.15, 0.2) is 0 Å². The lowest BCUT2D eigenvalue weighted by Gasteiger charge is -2.41. The summed E-state index contributed by atoms with van der Waals surface area (Å²) < 4.78 is 0. The van der Waals surface area contributed by atoms with Gasteiger partial charge in [0.1, 0.15) is 5.60 Å². The van der Waals surface area contributed by atoms with Crippen molar-refractivity contribution >= 4 is 11.4 Å². The van der Waals surface area contributed by atoms with Crippen LogP contribution in [0.1, 0.15) is 37.3 Å². The Bertz CT molecular complexity index is 757. The van der Waals surface area contributed by atoms with Crippen LogP contribution in [0, 0.1) is 5.92 Å². The maximum atomic E-state index is 11.6. The van der Waals surface area contributed by atoms with Crippen molar-refractivity contribution in [1.29, 1.82) is 0 Å². The Morgan fingerprint density at radius 3 is 2.68 bits per heavy atom. The molecule has 0 aliphatic heterocycles. The van der Waals surface area contributed by atoms with Gasteiger partial charge in [-0.2, -0.15) is 0 Å². The highest BCUT2D eigenvalue weighted by molar-refractivity contribution is 5.69. The van der Waals surface area contributed by atoms with E-state index in [0.717, 1.165) is 31.4 Å². The van der Waals surface area contributed by atoms with Crippen molar-refractivity contribution in [2.45, 2.75) is 38.3 Å². The molecule has 0 amide bonds. The van der Waals surface area contributed by atoms with E-state index in [0.29, 0.717) is 16.9 Å². The Kier molecular flexibility index (Phi) is 5.00. The second kappa shape index (κ2) is 7.19. The van der Waals surface area contributed by atoms with E-state index in [9.17, 15) is 5.11 Å². The number of nitrogens with one attached hydrogen (secondary N) is 1. The Hall–Kier alpha value is -2.46. The molecule has 2 aromatic rings. The predicted molar refractivity (Wildman–Crippen MR) is 104 cm³/mol.